The fraction of sp³-hybridized carbons (Fsp3) is 0.538. The maximum absolute atomic E-state index is 11.8. The van der Waals surface area contributed by atoms with Crippen molar-refractivity contribution in [3.05, 3.63) is 22.2 Å². The monoisotopic (exact) mass is 266 g/mol. The minimum atomic E-state index is -0.403. The molecule has 0 unspecified atom stereocenters. The van der Waals surface area contributed by atoms with E-state index in [9.17, 15) is 9.90 Å². The molecule has 0 aromatic carbocycles. The summed E-state index contributed by atoms with van der Waals surface area (Å²) in [7, 11) is 0. The third-order valence-corrected chi connectivity index (χ3v) is 4.09. The molecule has 5 heteroatoms. The highest BCUT2D eigenvalue weighted by atomic mass is 32.1. The molecule has 2 rings (SSSR count). The lowest BCUT2D eigenvalue weighted by molar-refractivity contribution is -0.118. The van der Waals surface area contributed by atoms with Crippen LogP contribution in [0, 0.1) is 6.92 Å². The average Bonchev–Trinajstić information content (AvgIpc) is 2.97. The van der Waals surface area contributed by atoms with Gasteiger partial charge in [-0.3, -0.25) is 4.79 Å². The van der Waals surface area contributed by atoms with Crippen LogP contribution in [-0.2, 0) is 4.79 Å². The van der Waals surface area contributed by atoms with Crippen LogP contribution in [0.3, 0.4) is 0 Å². The Kier molecular flexibility index (Phi) is 4.14. The molecule has 18 heavy (non-hydrogen) atoms. The normalized spacial score (nSPS) is 18.3. The number of rotatable bonds is 4. The number of aryl methyl sites for hydroxylation is 1. The third-order valence-electron chi connectivity index (χ3n) is 3.29. The summed E-state index contributed by atoms with van der Waals surface area (Å²) in [4.78, 5) is 16.1. The number of thiazole rings is 1. The third kappa shape index (κ3) is 3.17. The highest BCUT2D eigenvalue weighted by Gasteiger charge is 2.33. The molecular weight excluding hydrogens is 248 g/mol. The summed E-state index contributed by atoms with van der Waals surface area (Å²) in [6, 6.07) is 0. The molecule has 0 atom stereocenters. The van der Waals surface area contributed by atoms with Crippen molar-refractivity contribution < 1.29 is 9.90 Å². The maximum Gasteiger partial charge on any atom is 0.244 e. The topological polar surface area (TPSA) is 62.2 Å². The van der Waals surface area contributed by atoms with Crippen molar-refractivity contribution in [3.63, 3.8) is 0 Å². The van der Waals surface area contributed by atoms with Crippen LogP contribution in [0.2, 0.25) is 0 Å². The fourth-order valence-corrected chi connectivity index (χ4v) is 2.88. The van der Waals surface area contributed by atoms with E-state index >= 15 is 0 Å². The van der Waals surface area contributed by atoms with Gasteiger partial charge in [0.15, 0.2) is 0 Å². The molecule has 1 aromatic rings. The van der Waals surface area contributed by atoms with Crippen molar-refractivity contribution in [1.29, 1.82) is 0 Å². The summed E-state index contributed by atoms with van der Waals surface area (Å²) in [6.07, 6.45) is 7.05. The molecule has 98 valence electrons. The van der Waals surface area contributed by atoms with Crippen molar-refractivity contribution >= 4 is 23.3 Å². The predicted octanol–water partition coefficient (Wildman–Crippen LogP) is 1.89. The van der Waals surface area contributed by atoms with Crippen molar-refractivity contribution in [2.75, 3.05) is 6.61 Å². The quantitative estimate of drug-likeness (QED) is 0.818. The lowest BCUT2D eigenvalue weighted by Crippen LogP contribution is -2.48. The Morgan fingerprint density at radius 3 is 2.89 bits per heavy atom. The van der Waals surface area contributed by atoms with Crippen molar-refractivity contribution in [1.82, 2.24) is 10.3 Å². The van der Waals surface area contributed by atoms with E-state index in [1.807, 2.05) is 12.3 Å². The van der Waals surface area contributed by atoms with E-state index in [1.54, 1.807) is 17.4 Å². The van der Waals surface area contributed by atoms with Crippen LogP contribution in [0.15, 0.2) is 11.5 Å². The summed E-state index contributed by atoms with van der Waals surface area (Å²) < 4.78 is 0. The van der Waals surface area contributed by atoms with Crippen LogP contribution in [0.1, 0.15) is 36.4 Å². The summed E-state index contributed by atoms with van der Waals surface area (Å²) >= 11 is 1.56. The number of hydrogen-bond acceptors (Lipinski definition) is 4. The predicted molar refractivity (Wildman–Crippen MR) is 72.3 cm³/mol. The van der Waals surface area contributed by atoms with E-state index in [0.717, 1.165) is 36.4 Å². The van der Waals surface area contributed by atoms with Gasteiger partial charge < -0.3 is 10.4 Å². The molecule has 0 aliphatic heterocycles. The molecule has 1 amide bonds. The molecule has 1 aliphatic rings. The summed E-state index contributed by atoms with van der Waals surface area (Å²) in [6.45, 7) is 1.95. The van der Waals surface area contributed by atoms with Crippen LogP contribution >= 0.6 is 11.3 Å². The van der Waals surface area contributed by atoms with Crippen LogP contribution in [0.4, 0.5) is 0 Å². The first-order valence-corrected chi connectivity index (χ1v) is 7.05. The Morgan fingerprint density at radius 2 is 2.33 bits per heavy atom. The zero-order chi connectivity index (χ0) is 13.0. The van der Waals surface area contributed by atoms with Gasteiger partial charge >= 0.3 is 0 Å². The fourth-order valence-electron chi connectivity index (χ4n) is 2.30. The van der Waals surface area contributed by atoms with Crippen molar-refractivity contribution in [2.45, 2.75) is 38.1 Å². The number of amides is 1. The Labute approximate surface area is 111 Å². The highest BCUT2D eigenvalue weighted by molar-refractivity contribution is 7.09. The minimum absolute atomic E-state index is 0.0163. The van der Waals surface area contributed by atoms with Crippen LogP contribution in [0.25, 0.3) is 6.08 Å². The second-order valence-corrected chi connectivity index (χ2v) is 5.82. The lowest BCUT2D eigenvalue weighted by Gasteiger charge is -2.27. The number of aromatic nitrogens is 1. The Bertz CT molecular complexity index is 448. The second kappa shape index (κ2) is 5.63. The molecule has 0 spiro atoms. The first kappa shape index (κ1) is 13.2. The number of nitrogens with one attached hydrogen (secondary N) is 1. The molecule has 1 saturated carbocycles. The van der Waals surface area contributed by atoms with Gasteiger partial charge in [0.2, 0.25) is 5.91 Å². The molecular formula is C13H18N2O2S. The van der Waals surface area contributed by atoms with E-state index in [-0.39, 0.29) is 12.5 Å². The number of nitrogens with zero attached hydrogens (tertiary/aromatic N) is 1. The SMILES string of the molecule is Cc1nc(C=CC(=O)NC2(CO)CCCC2)cs1. The smallest absolute Gasteiger partial charge is 0.244 e. The van der Waals surface area contributed by atoms with Gasteiger partial charge in [0.05, 0.1) is 22.8 Å². The number of carbonyl (C=O) groups is 1. The Hall–Kier alpha value is -1.20. The van der Waals surface area contributed by atoms with Gasteiger partial charge in [-0.05, 0) is 25.8 Å². The largest absolute Gasteiger partial charge is 0.394 e. The molecule has 0 bridgehead atoms. The van der Waals surface area contributed by atoms with Gasteiger partial charge in [0.25, 0.3) is 0 Å². The Morgan fingerprint density at radius 1 is 1.61 bits per heavy atom. The highest BCUT2D eigenvalue weighted by Crippen LogP contribution is 2.29. The summed E-state index contributed by atoms with van der Waals surface area (Å²) in [5.41, 5.74) is 0.400. The van der Waals surface area contributed by atoms with Crippen molar-refractivity contribution in [3.8, 4) is 0 Å². The first-order chi connectivity index (χ1) is 8.63. The van der Waals surface area contributed by atoms with Gasteiger partial charge in [-0.25, -0.2) is 4.98 Å². The Balaban J connectivity index is 1.94. The molecule has 2 N–H and O–H groups in total. The van der Waals surface area contributed by atoms with Gasteiger partial charge in [-0.2, -0.15) is 0 Å². The van der Waals surface area contributed by atoms with E-state index in [4.69, 9.17) is 0 Å². The molecule has 0 saturated heterocycles. The summed E-state index contributed by atoms with van der Waals surface area (Å²) in [5.74, 6) is -0.156. The van der Waals surface area contributed by atoms with Crippen molar-refractivity contribution in [2.24, 2.45) is 0 Å². The lowest BCUT2D eigenvalue weighted by atomic mass is 9.99. The zero-order valence-electron chi connectivity index (χ0n) is 10.5. The van der Waals surface area contributed by atoms with E-state index in [2.05, 4.69) is 10.3 Å². The number of hydrogen-bond donors (Lipinski definition) is 2. The molecule has 4 nitrogen and oxygen atoms in total. The molecule has 1 fully saturated rings. The number of aliphatic hydroxyl groups is 1. The minimum Gasteiger partial charge on any atom is -0.394 e. The number of carbonyl (C=O) groups excluding carboxylic acids is 1. The van der Waals surface area contributed by atoms with E-state index in [1.165, 1.54) is 6.08 Å². The summed E-state index contributed by atoms with van der Waals surface area (Å²) in [5, 5.41) is 15.2. The standard InChI is InChI=1S/C13H18N2O2S/c1-10-14-11(8-18-10)4-5-12(17)15-13(9-16)6-2-3-7-13/h4-5,8,16H,2-3,6-7,9H2,1H3,(H,15,17). The van der Waals surface area contributed by atoms with Gasteiger partial charge in [-0.15, -0.1) is 11.3 Å². The molecule has 1 aliphatic carbocycles. The molecule has 1 heterocycles. The molecule has 1 aromatic heterocycles. The average molecular weight is 266 g/mol. The van der Waals surface area contributed by atoms with Gasteiger partial charge in [0, 0.05) is 11.5 Å². The van der Waals surface area contributed by atoms with E-state index < -0.39 is 5.54 Å². The van der Waals surface area contributed by atoms with Crippen LogP contribution in [0.5, 0.6) is 0 Å². The number of aliphatic hydroxyl groups excluding tert-OH is 1. The first-order valence-electron chi connectivity index (χ1n) is 6.17. The van der Waals surface area contributed by atoms with Crippen LogP contribution < -0.4 is 5.32 Å². The van der Waals surface area contributed by atoms with E-state index in [0.29, 0.717) is 0 Å². The maximum atomic E-state index is 11.8. The second-order valence-electron chi connectivity index (χ2n) is 4.76. The zero-order valence-corrected chi connectivity index (χ0v) is 11.3. The van der Waals surface area contributed by atoms with Crippen LogP contribution in [-0.4, -0.2) is 28.1 Å². The molecule has 0 radical (unpaired) electrons. The van der Waals surface area contributed by atoms with Gasteiger partial charge in [-0.1, -0.05) is 12.8 Å². The van der Waals surface area contributed by atoms with Gasteiger partial charge in [0.1, 0.15) is 0 Å².